The van der Waals surface area contributed by atoms with Crippen LogP contribution in [0.5, 0.6) is 0 Å². The standard InChI is InChI=1S/C7H10F2N2/c1-3-5-4-10-11(2)6(5)7(8)9/h4,7H,3H2,1-2H3. The molecule has 1 aromatic rings. The molecule has 4 heteroatoms. The lowest BCUT2D eigenvalue weighted by molar-refractivity contribution is 0.139. The molecule has 1 rings (SSSR count). The van der Waals surface area contributed by atoms with Gasteiger partial charge in [-0.2, -0.15) is 5.10 Å². The average Bonchev–Trinajstić information content (AvgIpc) is 2.30. The molecule has 11 heavy (non-hydrogen) atoms. The molecule has 0 radical (unpaired) electrons. The highest BCUT2D eigenvalue weighted by Gasteiger charge is 2.16. The SMILES string of the molecule is CCc1cnn(C)c1C(F)F. The molecule has 0 bridgehead atoms. The summed E-state index contributed by atoms with van der Waals surface area (Å²) in [5.41, 5.74) is 0.662. The van der Waals surface area contributed by atoms with E-state index in [1.54, 1.807) is 0 Å². The highest BCUT2D eigenvalue weighted by molar-refractivity contribution is 5.18. The van der Waals surface area contributed by atoms with Crippen LogP contribution in [-0.4, -0.2) is 9.78 Å². The van der Waals surface area contributed by atoms with Crippen molar-refractivity contribution in [3.63, 3.8) is 0 Å². The fourth-order valence-electron chi connectivity index (χ4n) is 1.05. The van der Waals surface area contributed by atoms with Gasteiger partial charge in [-0.3, -0.25) is 4.68 Å². The summed E-state index contributed by atoms with van der Waals surface area (Å²) in [6, 6.07) is 0. The molecule has 1 heterocycles. The molecule has 1 aromatic heterocycles. The summed E-state index contributed by atoms with van der Waals surface area (Å²) in [6.07, 6.45) is -0.327. The zero-order valence-corrected chi connectivity index (χ0v) is 6.51. The van der Waals surface area contributed by atoms with Crippen molar-refractivity contribution in [2.75, 3.05) is 0 Å². The average molecular weight is 160 g/mol. The number of hydrogen-bond donors (Lipinski definition) is 0. The lowest BCUT2D eigenvalue weighted by Crippen LogP contribution is -2.00. The van der Waals surface area contributed by atoms with Gasteiger partial charge in [0.25, 0.3) is 6.43 Å². The Morgan fingerprint density at radius 1 is 1.64 bits per heavy atom. The first-order chi connectivity index (χ1) is 5.16. The van der Waals surface area contributed by atoms with Gasteiger partial charge in [0.2, 0.25) is 0 Å². The smallest absolute Gasteiger partial charge is 0.267 e. The lowest BCUT2D eigenvalue weighted by atomic mass is 10.2. The van der Waals surface area contributed by atoms with Gasteiger partial charge >= 0.3 is 0 Å². The Bertz CT molecular complexity index is 243. The zero-order valence-electron chi connectivity index (χ0n) is 6.51. The first-order valence-corrected chi connectivity index (χ1v) is 3.45. The number of alkyl halides is 2. The summed E-state index contributed by atoms with van der Waals surface area (Å²) in [7, 11) is 1.53. The Hall–Kier alpha value is -0.930. The topological polar surface area (TPSA) is 17.8 Å². The minimum Gasteiger partial charge on any atom is -0.267 e. The maximum absolute atomic E-state index is 12.2. The Morgan fingerprint density at radius 2 is 2.27 bits per heavy atom. The van der Waals surface area contributed by atoms with E-state index in [4.69, 9.17) is 0 Å². The van der Waals surface area contributed by atoms with Gasteiger partial charge in [0.1, 0.15) is 5.69 Å². The molecule has 0 amide bonds. The monoisotopic (exact) mass is 160 g/mol. The second-order valence-corrected chi connectivity index (χ2v) is 2.33. The summed E-state index contributed by atoms with van der Waals surface area (Å²) in [4.78, 5) is 0. The van der Waals surface area contributed by atoms with Gasteiger partial charge in [0, 0.05) is 7.05 Å². The van der Waals surface area contributed by atoms with Gasteiger partial charge in [-0.05, 0) is 12.0 Å². The van der Waals surface area contributed by atoms with E-state index in [9.17, 15) is 8.78 Å². The van der Waals surface area contributed by atoms with Crippen LogP contribution in [0.1, 0.15) is 24.6 Å². The number of hydrogen-bond acceptors (Lipinski definition) is 1. The third-order valence-corrected chi connectivity index (χ3v) is 1.65. The van der Waals surface area contributed by atoms with Crippen LogP contribution in [0.2, 0.25) is 0 Å². The van der Waals surface area contributed by atoms with Crippen LogP contribution in [0.15, 0.2) is 6.20 Å². The van der Waals surface area contributed by atoms with Crippen LogP contribution in [0.25, 0.3) is 0 Å². The van der Waals surface area contributed by atoms with Gasteiger partial charge in [0.15, 0.2) is 0 Å². The Kier molecular flexibility index (Phi) is 2.22. The highest BCUT2D eigenvalue weighted by Crippen LogP contribution is 2.21. The second-order valence-electron chi connectivity index (χ2n) is 2.33. The summed E-state index contributed by atoms with van der Waals surface area (Å²) < 4.78 is 25.7. The normalized spacial score (nSPS) is 11.0. The molecule has 0 atom stereocenters. The number of halogens is 2. The fourth-order valence-corrected chi connectivity index (χ4v) is 1.05. The molecule has 0 N–H and O–H groups in total. The third-order valence-electron chi connectivity index (χ3n) is 1.65. The molecule has 0 aliphatic rings. The Labute approximate surface area is 63.8 Å². The van der Waals surface area contributed by atoms with E-state index < -0.39 is 6.43 Å². The van der Waals surface area contributed by atoms with Crippen LogP contribution in [0, 0.1) is 0 Å². The van der Waals surface area contributed by atoms with Gasteiger partial charge in [-0.1, -0.05) is 6.92 Å². The van der Waals surface area contributed by atoms with Crippen LogP contribution in [-0.2, 0) is 13.5 Å². The first-order valence-electron chi connectivity index (χ1n) is 3.45. The van der Waals surface area contributed by atoms with Crippen molar-refractivity contribution in [2.24, 2.45) is 7.05 Å². The van der Waals surface area contributed by atoms with E-state index in [1.807, 2.05) is 6.92 Å². The van der Waals surface area contributed by atoms with Crippen LogP contribution >= 0.6 is 0 Å². The molecule has 0 fully saturated rings. The van der Waals surface area contributed by atoms with Crippen LogP contribution in [0.3, 0.4) is 0 Å². The second kappa shape index (κ2) is 2.98. The van der Waals surface area contributed by atoms with Crippen molar-refractivity contribution in [2.45, 2.75) is 19.8 Å². The first kappa shape index (κ1) is 8.17. The van der Waals surface area contributed by atoms with Crippen molar-refractivity contribution < 1.29 is 8.78 Å². The van der Waals surface area contributed by atoms with Crippen molar-refractivity contribution >= 4 is 0 Å². The molecule has 0 saturated carbocycles. The number of rotatable bonds is 2. The van der Waals surface area contributed by atoms with E-state index in [2.05, 4.69) is 5.10 Å². The Balaban J connectivity index is 3.07. The number of aromatic nitrogens is 2. The molecule has 0 unspecified atom stereocenters. The predicted molar refractivity (Wildman–Crippen MR) is 37.5 cm³/mol. The van der Waals surface area contributed by atoms with E-state index >= 15 is 0 Å². The number of nitrogens with zero attached hydrogens (tertiary/aromatic N) is 2. The minimum absolute atomic E-state index is 0.0347. The van der Waals surface area contributed by atoms with Gasteiger partial charge < -0.3 is 0 Å². The lowest BCUT2D eigenvalue weighted by Gasteiger charge is -2.01. The number of aryl methyl sites for hydroxylation is 2. The van der Waals surface area contributed by atoms with Gasteiger partial charge in [-0.15, -0.1) is 0 Å². The molecule has 0 aliphatic carbocycles. The summed E-state index contributed by atoms with van der Waals surface area (Å²) in [5, 5.41) is 3.75. The van der Waals surface area contributed by atoms with Crippen LogP contribution < -0.4 is 0 Å². The minimum atomic E-state index is -2.42. The maximum Gasteiger partial charge on any atom is 0.280 e. The molecular formula is C7H10F2N2. The van der Waals surface area contributed by atoms with Crippen molar-refractivity contribution in [1.29, 1.82) is 0 Å². The summed E-state index contributed by atoms with van der Waals surface area (Å²) >= 11 is 0. The zero-order chi connectivity index (χ0) is 8.43. The summed E-state index contributed by atoms with van der Waals surface area (Å²) in [6.45, 7) is 1.84. The largest absolute Gasteiger partial charge is 0.280 e. The van der Waals surface area contributed by atoms with E-state index in [-0.39, 0.29) is 5.69 Å². The highest BCUT2D eigenvalue weighted by atomic mass is 19.3. The van der Waals surface area contributed by atoms with E-state index in [0.29, 0.717) is 12.0 Å². The fraction of sp³-hybridized carbons (Fsp3) is 0.571. The van der Waals surface area contributed by atoms with E-state index in [0.717, 1.165) is 0 Å². The Morgan fingerprint density at radius 3 is 2.64 bits per heavy atom. The molecule has 2 nitrogen and oxygen atoms in total. The molecule has 0 saturated heterocycles. The maximum atomic E-state index is 12.2. The third kappa shape index (κ3) is 1.39. The van der Waals surface area contributed by atoms with E-state index in [1.165, 1.54) is 17.9 Å². The molecule has 0 aliphatic heterocycles. The molecule has 0 spiro atoms. The molecular weight excluding hydrogens is 150 g/mol. The predicted octanol–water partition coefficient (Wildman–Crippen LogP) is 1.92. The quantitative estimate of drug-likeness (QED) is 0.646. The van der Waals surface area contributed by atoms with Crippen molar-refractivity contribution in [3.05, 3.63) is 17.5 Å². The molecule has 0 aromatic carbocycles. The van der Waals surface area contributed by atoms with Gasteiger partial charge in [0.05, 0.1) is 6.20 Å². The van der Waals surface area contributed by atoms with Crippen molar-refractivity contribution in [1.82, 2.24) is 9.78 Å². The van der Waals surface area contributed by atoms with Crippen LogP contribution in [0.4, 0.5) is 8.78 Å². The van der Waals surface area contributed by atoms with Crippen molar-refractivity contribution in [3.8, 4) is 0 Å². The van der Waals surface area contributed by atoms with Gasteiger partial charge in [-0.25, -0.2) is 8.78 Å². The summed E-state index contributed by atoms with van der Waals surface area (Å²) in [5.74, 6) is 0. The molecule has 62 valence electrons.